The van der Waals surface area contributed by atoms with Crippen LogP contribution in [0.1, 0.15) is 25.8 Å². The number of hydrogen-bond acceptors (Lipinski definition) is 2. The van der Waals surface area contributed by atoms with Gasteiger partial charge in [-0.05, 0) is 38.0 Å². The van der Waals surface area contributed by atoms with E-state index in [9.17, 15) is 9.59 Å². The third-order valence-electron chi connectivity index (χ3n) is 3.76. The van der Waals surface area contributed by atoms with Crippen molar-refractivity contribution in [1.82, 2.24) is 10.2 Å². The summed E-state index contributed by atoms with van der Waals surface area (Å²) >= 11 is 0. The first-order valence-corrected chi connectivity index (χ1v) is 7.47. The number of anilines is 1. The summed E-state index contributed by atoms with van der Waals surface area (Å²) in [6, 6.07) is 7.30. The number of carbonyl (C=O) groups excluding carboxylic acids is 2. The largest absolute Gasteiger partial charge is 0.338 e. The molecule has 0 saturated carbocycles. The lowest BCUT2D eigenvalue weighted by molar-refractivity contribution is -0.124. The zero-order valence-electron chi connectivity index (χ0n) is 12.9. The van der Waals surface area contributed by atoms with E-state index in [1.807, 2.05) is 38.1 Å². The molecule has 1 aliphatic rings. The molecular formula is C16H23N3O2. The van der Waals surface area contributed by atoms with Crippen LogP contribution in [0.15, 0.2) is 24.3 Å². The van der Waals surface area contributed by atoms with E-state index in [1.54, 1.807) is 16.7 Å². The Morgan fingerprint density at radius 3 is 2.81 bits per heavy atom. The van der Waals surface area contributed by atoms with E-state index in [4.69, 9.17) is 0 Å². The fraction of sp³-hybridized carbons (Fsp3) is 0.500. The molecule has 5 nitrogen and oxygen atoms in total. The molecule has 0 bridgehead atoms. The molecule has 0 spiro atoms. The van der Waals surface area contributed by atoms with Gasteiger partial charge in [-0.25, -0.2) is 4.79 Å². The van der Waals surface area contributed by atoms with E-state index in [2.05, 4.69) is 5.32 Å². The smallest absolute Gasteiger partial charge is 0.318 e. The standard InChI is InChI=1S/C16H23N3O2/c1-4-8-17-16(21)18-9-10-19(15(20)13(18)3)14-7-5-6-12(2)11-14/h5-7,11,13H,4,8-10H2,1-3H3,(H,17,21). The highest BCUT2D eigenvalue weighted by molar-refractivity contribution is 6.00. The first-order chi connectivity index (χ1) is 10.0. The Morgan fingerprint density at radius 1 is 1.38 bits per heavy atom. The van der Waals surface area contributed by atoms with Crippen molar-refractivity contribution in [2.45, 2.75) is 33.2 Å². The van der Waals surface area contributed by atoms with Crippen LogP contribution < -0.4 is 10.2 Å². The van der Waals surface area contributed by atoms with Crippen molar-refractivity contribution in [2.75, 3.05) is 24.5 Å². The summed E-state index contributed by atoms with van der Waals surface area (Å²) in [4.78, 5) is 28.0. The summed E-state index contributed by atoms with van der Waals surface area (Å²) in [5, 5.41) is 2.83. The van der Waals surface area contributed by atoms with Gasteiger partial charge in [-0.1, -0.05) is 19.1 Å². The van der Waals surface area contributed by atoms with Crippen molar-refractivity contribution in [3.05, 3.63) is 29.8 Å². The molecule has 1 aromatic carbocycles. The molecule has 1 aliphatic heterocycles. The highest BCUT2D eigenvalue weighted by atomic mass is 16.2. The molecule has 1 aromatic rings. The van der Waals surface area contributed by atoms with E-state index >= 15 is 0 Å². The SMILES string of the molecule is CCCNC(=O)N1CCN(c2cccc(C)c2)C(=O)C1C. The number of piperazine rings is 1. The number of hydrogen-bond donors (Lipinski definition) is 1. The highest BCUT2D eigenvalue weighted by Crippen LogP contribution is 2.21. The molecule has 1 atom stereocenters. The van der Waals surface area contributed by atoms with Crippen LogP contribution in [0.5, 0.6) is 0 Å². The number of aryl methyl sites for hydroxylation is 1. The normalized spacial score (nSPS) is 18.8. The predicted molar refractivity (Wildman–Crippen MR) is 83.4 cm³/mol. The minimum absolute atomic E-state index is 0.0292. The van der Waals surface area contributed by atoms with Crippen molar-refractivity contribution < 1.29 is 9.59 Å². The molecule has 0 radical (unpaired) electrons. The van der Waals surface area contributed by atoms with E-state index in [0.717, 1.165) is 17.7 Å². The van der Waals surface area contributed by atoms with Gasteiger partial charge in [-0.15, -0.1) is 0 Å². The summed E-state index contributed by atoms with van der Waals surface area (Å²) < 4.78 is 0. The lowest BCUT2D eigenvalue weighted by atomic mass is 10.1. The van der Waals surface area contributed by atoms with Gasteiger partial charge < -0.3 is 15.1 Å². The average Bonchev–Trinajstić information content (AvgIpc) is 2.47. The number of carbonyl (C=O) groups is 2. The van der Waals surface area contributed by atoms with Crippen LogP contribution >= 0.6 is 0 Å². The molecule has 2 rings (SSSR count). The minimum Gasteiger partial charge on any atom is -0.338 e. The van der Waals surface area contributed by atoms with Crippen molar-refractivity contribution in [2.24, 2.45) is 0 Å². The lowest BCUT2D eigenvalue weighted by Gasteiger charge is -2.39. The Morgan fingerprint density at radius 2 is 2.14 bits per heavy atom. The van der Waals surface area contributed by atoms with Gasteiger partial charge in [0.2, 0.25) is 5.91 Å². The first kappa shape index (κ1) is 15.4. The maximum Gasteiger partial charge on any atom is 0.318 e. The van der Waals surface area contributed by atoms with Crippen LogP contribution in [0.3, 0.4) is 0 Å². The van der Waals surface area contributed by atoms with Crippen LogP contribution in [0.4, 0.5) is 10.5 Å². The van der Waals surface area contributed by atoms with Crippen LogP contribution in [0, 0.1) is 6.92 Å². The van der Waals surface area contributed by atoms with Crippen molar-refractivity contribution in [3.63, 3.8) is 0 Å². The second-order valence-electron chi connectivity index (χ2n) is 5.43. The van der Waals surface area contributed by atoms with Crippen LogP contribution in [-0.4, -0.2) is 42.5 Å². The number of urea groups is 1. The van der Waals surface area contributed by atoms with Gasteiger partial charge >= 0.3 is 6.03 Å². The maximum atomic E-state index is 12.5. The molecule has 5 heteroatoms. The highest BCUT2D eigenvalue weighted by Gasteiger charge is 2.34. The Kier molecular flexibility index (Phi) is 4.83. The van der Waals surface area contributed by atoms with Gasteiger partial charge in [0, 0.05) is 25.3 Å². The maximum absolute atomic E-state index is 12.5. The molecular weight excluding hydrogens is 266 g/mol. The van der Waals surface area contributed by atoms with Crippen LogP contribution in [0.2, 0.25) is 0 Å². The number of rotatable bonds is 3. The van der Waals surface area contributed by atoms with E-state index in [-0.39, 0.29) is 11.9 Å². The summed E-state index contributed by atoms with van der Waals surface area (Å²) in [5.41, 5.74) is 2.02. The summed E-state index contributed by atoms with van der Waals surface area (Å²) in [5.74, 6) is -0.0292. The second-order valence-corrected chi connectivity index (χ2v) is 5.43. The van der Waals surface area contributed by atoms with E-state index in [1.165, 1.54) is 0 Å². The molecule has 3 amide bonds. The molecule has 1 N–H and O–H groups in total. The van der Waals surface area contributed by atoms with Gasteiger partial charge in [-0.2, -0.15) is 0 Å². The van der Waals surface area contributed by atoms with Crippen LogP contribution in [0.25, 0.3) is 0 Å². The molecule has 114 valence electrons. The summed E-state index contributed by atoms with van der Waals surface area (Å²) in [7, 11) is 0. The Labute approximate surface area is 125 Å². The molecule has 1 fully saturated rings. The third kappa shape index (κ3) is 3.35. The predicted octanol–water partition coefficient (Wildman–Crippen LogP) is 2.15. The van der Waals surface area contributed by atoms with Crippen LogP contribution in [-0.2, 0) is 4.79 Å². The minimum atomic E-state index is -0.434. The molecule has 0 aromatic heterocycles. The summed E-state index contributed by atoms with van der Waals surface area (Å²) in [6.45, 7) is 7.52. The summed E-state index contributed by atoms with van der Waals surface area (Å²) in [6.07, 6.45) is 0.886. The molecule has 21 heavy (non-hydrogen) atoms. The quantitative estimate of drug-likeness (QED) is 0.927. The monoisotopic (exact) mass is 289 g/mol. The van der Waals surface area contributed by atoms with Crippen molar-refractivity contribution >= 4 is 17.6 Å². The zero-order chi connectivity index (χ0) is 15.4. The number of benzene rings is 1. The van der Waals surface area contributed by atoms with Gasteiger partial charge in [0.15, 0.2) is 0 Å². The Balaban J connectivity index is 2.09. The topological polar surface area (TPSA) is 52.7 Å². The van der Waals surface area contributed by atoms with E-state index in [0.29, 0.717) is 19.6 Å². The number of nitrogens with one attached hydrogen (secondary N) is 1. The third-order valence-corrected chi connectivity index (χ3v) is 3.76. The van der Waals surface area contributed by atoms with Gasteiger partial charge in [0.05, 0.1) is 0 Å². The second kappa shape index (κ2) is 6.61. The van der Waals surface area contributed by atoms with Gasteiger partial charge in [-0.3, -0.25) is 4.79 Å². The Hall–Kier alpha value is -2.04. The van der Waals surface area contributed by atoms with Crippen molar-refractivity contribution in [1.29, 1.82) is 0 Å². The molecule has 0 aliphatic carbocycles. The molecule has 1 unspecified atom stereocenters. The van der Waals surface area contributed by atoms with Gasteiger partial charge in [0.1, 0.15) is 6.04 Å². The van der Waals surface area contributed by atoms with E-state index < -0.39 is 6.04 Å². The molecule has 1 saturated heterocycles. The van der Waals surface area contributed by atoms with Crippen molar-refractivity contribution in [3.8, 4) is 0 Å². The number of nitrogens with zero attached hydrogens (tertiary/aromatic N) is 2. The lowest BCUT2D eigenvalue weighted by Crippen LogP contribution is -2.59. The number of amides is 3. The fourth-order valence-corrected chi connectivity index (χ4v) is 2.53. The fourth-order valence-electron chi connectivity index (χ4n) is 2.53. The first-order valence-electron chi connectivity index (χ1n) is 7.47. The Bertz CT molecular complexity index is 530. The molecule has 1 heterocycles. The zero-order valence-corrected chi connectivity index (χ0v) is 12.9. The van der Waals surface area contributed by atoms with Gasteiger partial charge in [0.25, 0.3) is 0 Å². The average molecular weight is 289 g/mol.